The maximum absolute atomic E-state index is 5.31. The van der Waals surface area contributed by atoms with Crippen LogP contribution in [0.25, 0.3) is 0 Å². The van der Waals surface area contributed by atoms with Crippen molar-refractivity contribution in [3.8, 4) is 5.75 Å². The molecule has 0 aromatic heterocycles. The number of hydrogen-bond acceptors (Lipinski definition) is 4. The molecule has 4 heteroatoms. The predicted octanol–water partition coefficient (Wildman–Crippen LogP) is 1.94. The Bertz CT molecular complexity index is 318. The van der Waals surface area contributed by atoms with Gasteiger partial charge in [0.2, 0.25) is 0 Å². The van der Waals surface area contributed by atoms with Crippen LogP contribution in [0.2, 0.25) is 0 Å². The summed E-state index contributed by atoms with van der Waals surface area (Å²) in [6.45, 7) is 3.15. The van der Waals surface area contributed by atoms with E-state index < -0.39 is 0 Å². The molecule has 0 fully saturated rings. The normalized spacial score (nSPS) is 10.8. The first kappa shape index (κ1) is 14.4. The number of likely N-dealkylation sites (N-methyl/N-ethyl adjacent to an activating group) is 1. The second-order valence-electron chi connectivity index (χ2n) is 4.05. The predicted molar refractivity (Wildman–Crippen MR) is 75.1 cm³/mol. The van der Waals surface area contributed by atoms with Crippen molar-refractivity contribution in [2.45, 2.75) is 4.90 Å². The third-order valence-electron chi connectivity index (χ3n) is 2.34. The lowest BCUT2D eigenvalue weighted by molar-refractivity contribution is 0.402. The van der Waals surface area contributed by atoms with Crippen LogP contribution in [0.4, 0.5) is 0 Å². The highest BCUT2D eigenvalue weighted by molar-refractivity contribution is 7.99. The van der Waals surface area contributed by atoms with Crippen molar-refractivity contribution in [1.29, 1.82) is 0 Å². The number of nitrogens with zero attached hydrogens (tertiary/aromatic N) is 1. The molecule has 0 heterocycles. The molecule has 0 bridgehead atoms. The van der Waals surface area contributed by atoms with E-state index >= 15 is 0 Å². The number of nitrogens with one attached hydrogen (secondary N) is 1. The molecular formula is C13H22N2OS. The lowest BCUT2D eigenvalue weighted by Crippen LogP contribution is -2.27. The van der Waals surface area contributed by atoms with Crippen molar-refractivity contribution in [3.05, 3.63) is 24.3 Å². The Morgan fingerprint density at radius 1 is 1.24 bits per heavy atom. The van der Waals surface area contributed by atoms with Gasteiger partial charge in [-0.05, 0) is 26.2 Å². The molecule has 96 valence electrons. The van der Waals surface area contributed by atoms with Gasteiger partial charge in [-0.3, -0.25) is 0 Å². The monoisotopic (exact) mass is 254 g/mol. The van der Waals surface area contributed by atoms with Gasteiger partial charge < -0.3 is 15.0 Å². The third-order valence-corrected chi connectivity index (χ3v) is 3.40. The van der Waals surface area contributed by atoms with E-state index in [9.17, 15) is 0 Å². The molecule has 0 spiro atoms. The second-order valence-corrected chi connectivity index (χ2v) is 5.19. The fraction of sp³-hybridized carbons (Fsp3) is 0.538. The standard InChI is InChI=1S/C13H22N2OS/c1-15(2)10-8-14-9-11-17-13-7-5-4-6-12(13)16-3/h4-7,14H,8-11H2,1-3H3. The number of benzene rings is 1. The highest BCUT2D eigenvalue weighted by Gasteiger charge is 2.01. The van der Waals surface area contributed by atoms with E-state index in [1.807, 2.05) is 30.0 Å². The minimum Gasteiger partial charge on any atom is -0.496 e. The van der Waals surface area contributed by atoms with Crippen LogP contribution in [-0.2, 0) is 0 Å². The van der Waals surface area contributed by atoms with E-state index in [2.05, 4.69) is 30.4 Å². The average molecular weight is 254 g/mol. The molecule has 1 aromatic rings. The van der Waals surface area contributed by atoms with Crippen molar-refractivity contribution < 1.29 is 4.74 Å². The van der Waals surface area contributed by atoms with E-state index in [4.69, 9.17) is 4.74 Å². The van der Waals surface area contributed by atoms with Gasteiger partial charge >= 0.3 is 0 Å². The largest absolute Gasteiger partial charge is 0.496 e. The molecule has 3 nitrogen and oxygen atoms in total. The van der Waals surface area contributed by atoms with Gasteiger partial charge in [-0.15, -0.1) is 11.8 Å². The van der Waals surface area contributed by atoms with Gasteiger partial charge in [0.1, 0.15) is 5.75 Å². The van der Waals surface area contributed by atoms with Gasteiger partial charge in [0, 0.05) is 30.3 Å². The van der Waals surface area contributed by atoms with Crippen LogP contribution in [0.3, 0.4) is 0 Å². The van der Waals surface area contributed by atoms with Crippen molar-refractivity contribution in [3.63, 3.8) is 0 Å². The molecule has 1 N–H and O–H groups in total. The van der Waals surface area contributed by atoms with Crippen LogP contribution in [0.5, 0.6) is 5.75 Å². The quantitative estimate of drug-likeness (QED) is 0.566. The summed E-state index contributed by atoms with van der Waals surface area (Å²) in [7, 11) is 5.89. The number of methoxy groups -OCH3 is 1. The molecule has 0 unspecified atom stereocenters. The first-order valence-corrected chi connectivity index (χ1v) is 6.84. The van der Waals surface area contributed by atoms with Crippen LogP contribution in [-0.4, -0.2) is 51.5 Å². The summed E-state index contributed by atoms with van der Waals surface area (Å²) in [6.07, 6.45) is 0. The fourth-order valence-electron chi connectivity index (χ4n) is 1.40. The average Bonchev–Trinajstić information content (AvgIpc) is 2.33. The van der Waals surface area contributed by atoms with Gasteiger partial charge in [-0.2, -0.15) is 0 Å². The Balaban J connectivity index is 2.17. The Labute approximate surface area is 109 Å². The molecule has 0 saturated carbocycles. The summed E-state index contributed by atoms with van der Waals surface area (Å²) >= 11 is 1.83. The number of rotatable bonds is 8. The van der Waals surface area contributed by atoms with E-state index in [0.717, 1.165) is 31.1 Å². The Hall–Kier alpha value is -0.710. The summed E-state index contributed by atoms with van der Waals surface area (Å²) in [5.41, 5.74) is 0. The number of thioether (sulfide) groups is 1. The Kier molecular flexibility index (Phi) is 7.08. The summed E-state index contributed by atoms with van der Waals surface area (Å²) in [5, 5.41) is 3.42. The van der Waals surface area contributed by atoms with Gasteiger partial charge in [-0.1, -0.05) is 12.1 Å². The highest BCUT2D eigenvalue weighted by atomic mass is 32.2. The van der Waals surface area contributed by atoms with Crippen molar-refractivity contribution in [1.82, 2.24) is 10.2 Å². The summed E-state index contributed by atoms with van der Waals surface area (Å²) in [6, 6.07) is 8.15. The molecular weight excluding hydrogens is 232 g/mol. The van der Waals surface area contributed by atoms with E-state index in [1.54, 1.807) is 7.11 Å². The van der Waals surface area contributed by atoms with Gasteiger partial charge in [0.25, 0.3) is 0 Å². The second kappa shape index (κ2) is 8.39. The topological polar surface area (TPSA) is 24.5 Å². The van der Waals surface area contributed by atoms with Gasteiger partial charge in [-0.25, -0.2) is 0 Å². The zero-order valence-corrected chi connectivity index (χ0v) is 11.7. The zero-order chi connectivity index (χ0) is 12.5. The molecule has 1 aromatic carbocycles. The smallest absolute Gasteiger partial charge is 0.132 e. The molecule has 0 atom stereocenters. The number of hydrogen-bond donors (Lipinski definition) is 1. The summed E-state index contributed by atoms with van der Waals surface area (Å²) < 4.78 is 5.31. The van der Waals surface area contributed by atoms with E-state index in [0.29, 0.717) is 0 Å². The lowest BCUT2D eigenvalue weighted by atomic mass is 10.3. The first-order chi connectivity index (χ1) is 8.24. The summed E-state index contributed by atoms with van der Waals surface area (Å²) in [4.78, 5) is 3.39. The summed E-state index contributed by atoms with van der Waals surface area (Å²) in [5.74, 6) is 2.03. The molecule has 0 aliphatic heterocycles. The fourth-order valence-corrected chi connectivity index (χ4v) is 2.33. The van der Waals surface area contributed by atoms with Crippen LogP contribution in [0.1, 0.15) is 0 Å². The van der Waals surface area contributed by atoms with Crippen LogP contribution >= 0.6 is 11.8 Å². The minimum absolute atomic E-state index is 0.964. The van der Waals surface area contributed by atoms with E-state index in [-0.39, 0.29) is 0 Å². The Morgan fingerprint density at radius 3 is 2.71 bits per heavy atom. The maximum Gasteiger partial charge on any atom is 0.132 e. The highest BCUT2D eigenvalue weighted by Crippen LogP contribution is 2.27. The van der Waals surface area contributed by atoms with Crippen molar-refractivity contribution in [2.24, 2.45) is 0 Å². The molecule has 0 aliphatic carbocycles. The Morgan fingerprint density at radius 2 is 2.00 bits per heavy atom. The third kappa shape index (κ3) is 5.96. The van der Waals surface area contributed by atoms with E-state index in [1.165, 1.54) is 4.90 Å². The first-order valence-electron chi connectivity index (χ1n) is 5.85. The van der Waals surface area contributed by atoms with Crippen LogP contribution in [0.15, 0.2) is 29.2 Å². The minimum atomic E-state index is 0.964. The molecule has 0 aliphatic rings. The van der Waals surface area contributed by atoms with Crippen molar-refractivity contribution in [2.75, 3.05) is 46.6 Å². The number of para-hydroxylation sites is 1. The van der Waals surface area contributed by atoms with Crippen LogP contribution in [0, 0.1) is 0 Å². The molecule has 17 heavy (non-hydrogen) atoms. The SMILES string of the molecule is COc1ccccc1SCCNCCN(C)C. The molecule has 0 amide bonds. The number of ether oxygens (including phenoxy) is 1. The lowest BCUT2D eigenvalue weighted by Gasteiger charge is -2.10. The maximum atomic E-state index is 5.31. The van der Waals surface area contributed by atoms with Gasteiger partial charge in [0.15, 0.2) is 0 Å². The van der Waals surface area contributed by atoms with Gasteiger partial charge in [0.05, 0.1) is 7.11 Å². The zero-order valence-electron chi connectivity index (χ0n) is 10.9. The molecule has 0 saturated heterocycles. The van der Waals surface area contributed by atoms with Crippen LogP contribution < -0.4 is 10.1 Å². The molecule has 1 rings (SSSR count). The molecule has 0 radical (unpaired) electrons. The van der Waals surface area contributed by atoms with Crippen molar-refractivity contribution >= 4 is 11.8 Å².